The maximum atomic E-state index is 13.0. The normalized spacial score (nSPS) is 24.1. The average molecular weight is 404 g/mol. The molecule has 2 unspecified atom stereocenters. The summed E-state index contributed by atoms with van der Waals surface area (Å²) in [7, 11) is 0. The number of hydrogen-bond acceptors (Lipinski definition) is 2. The van der Waals surface area contributed by atoms with E-state index in [4.69, 9.17) is 23.2 Å². The van der Waals surface area contributed by atoms with Crippen molar-refractivity contribution in [2.75, 3.05) is 6.61 Å². The van der Waals surface area contributed by atoms with E-state index in [0.717, 1.165) is 30.4 Å². The third kappa shape index (κ3) is 3.87. The van der Waals surface area contributed by atoms with Crippen LogP contribution in [0.4, 0.5) is 0 Å². The molecule has 1 aliphatic carbocycles. The standard InChI is InChI=1S/C22H23Cl2NO2/c23-17-8-6-15(7-9-17)22-19(16-2-1-3-18(24)12-16)10-11-21(27)25(22)20(13-26)14-4-5-14/h1-3,6-9,12,14,19-20,22,26H,4-5,10-11,13H2/t19-,20?,22?/m1/s1. The van der Waals surface area contributed by atoms with Crippen LogP contribution in [0.25, 0.3) is 0 Å². The van der Waals surface area contributed by atoms with Gasteiger partial charge in [0, 0.05) is 22.4 Å². The van der Waals surface area contributed by atoms with Crippen LogP contribution < -0.4 is 0 Å². The minimum Gasteiger partial charge on any atom is -0.394 e. The molecular weight excluding hydrogens is 381 g/mol. The lowest BCUT2D eigenvalue weighted by Crippen LogP contribution is -2.50. The highest BCUT2D eigenvalue weighted by Crippen LogP contribution is 2.48. The van der Waals surface area contributed by atoms with E-state index in [2.05, 4.69) is 6.07 Å². The molecule has 5 heteroatoms. The minimum absolute atomic E-state index is 0.00274. The fourth-order valence-electron chi connectivity index (χ4n) is 4.39. The van der Waals surface area contributed by atoms with Gasteiger partial charge in [0.05, 0.1) is 18.7 Å². The molecule has 0 radical (unpaired) electrons. The zero-order chi connectivity index (χ0) is 19.0. The van der Waals surface area contributed by atoms with Gasteiger partial charge in [0.2, 0.25) is 5.91 Å². The van der Waals surface area contributed by atoms with Gasteiger partial charge in [0.25, 0.3) is 0 Å². The van der Waals surface area contributed by atoms with Crippen LogP contribution >= 0.6 is 23.2 Å². The predicted molar refractivity (Wildman–Crippen MR) is 108 cm³/mol. The van der Waals surface area contributed by atoms with E-state index in [1.807, 2.05) is 47.4 Å². The second-order valence-electron chi connectivity index (χ2n) is 7.58. The number of benzene rings is 2. The molecule has 3 atom stereocenters. The maximum Gasteiger partial charge on any atom is 0.223 e. The Bertz CT molecular complexity index is 819. The van der Waals surface area contributed by atoms with Crippen LogP contribution in [0.2, 0.25) is 10.0 Å². The Labute approximate surface area is 169 Å². The molecule has 4 rings (SSSR count). The van der Waals surface area contributed by atoms with Gasteiger partial charge in [-0.05, 0) is 60.6 Å². The molecule has 1 N–H and O–H groups in total. The molecule has 1 heterocycles. The smallest absolute Gasteiger partial charge is 0.223 e. The fourth-order valence-corrected chi connectivity index (χ4v) is 4.72. The van der Waals surface area contributed by atoms with Crippen molar-refractivity contribution in [2.24, 2.45) is 5.92 Å². The van der Waals surface area contributed by atoms with Gasteiger partial charge in [-0.15, -0.1) is 0 Å². The van der Waals surface area contributed by atoms with Crippen LogP contribution in [0.15, 0.2) is 48.5 Å². The Hall–Kier alpha value is -1.55. The topological polar surface area (TPSA) is 40.5 Å². The van der Waals surface area contributed by atoms with Crippen LogP contribution in [0.1, 0.15) is 48.8 Å². The number of rotatable bonds is 5. The molecule has 0 bridgehead atoms. The van der Waals surface area contributed by atoms with Gasteiger partial charge in [0.15, 0.2) is 0 Å². The molecule has 1 saturated heterocycles. The summed E-state index contributed by atoms with van der Waals surface area (Å²) in [6, 6.07) is 15.4. The second-order valence-corrected chi connectivity index (χ2v) is 8.46. The van der Waals surface area contributed by atoms with Crippen molar-refractivity contribution in [3.05, 3.63) is 69.7 Å². The zero-order valence-electron chi connectivity index (χ0n) is 15.0. The Morgan fingerprint density at radius 3 is 2.37 bits per heavy atom. The van der Waals surface area contributed by atoms with Crippen molar-refractivity contribution < 1.29 is 9.90 Å². The van der Waals surface area contributed by atoms with Gasteiger partial charge in [-0.3, -0.25) is 4.79 Å². The van der Waals surface area contributed by atoms with Gasteiger partial charge in [0.1, 0.15) is 0 Å². The van der Waals surface area contributed by atoms with E-state index in [1.165, 1.54) is 0 Å². The third-order valence-corrected chi connectivity index (χ3v) is 6.32. The number of carbonyl (C=O) groups is 1. The highest BCUT2D eigenvalue weighted by atomic mass is 35.5. The van der Waals surface area contributed by atoms with Crippen LogP contribution in [-0.2, 0) is 4.79 Å². The van der Waals surface area contributed by atoms with E-state index in [9.17, 15) is 9.90 Å². The fraction of sp³-hybridized carbons (Fsp3) is 0.409. The number of aliphatic hydroxyl groups excluding tert-OH is 1. The first-order valence-corrected chi connectivity index (χ1v) is 10.3. The summed E-state index contributed by atoms with van der Waals surface area (Å²) in [5, 5.41) is 11.5. The van der Waals surface area contributed by atoms with E-state index in [0.29, 0.717) is 22.4 Å². The Morgan fingerprint density at radius 2 is 1.74 bits per heavy atom. The summed E-state index contributed by atoms with van der Waals surface area (Å²) in [4.78, 5) is 14.9. The summed E-state index contributed by atoms with van der Waals surface area (Å²) in [6.45, 7) is 0.00274. The lowest BCUT2D eigenvalue weighted by molar-refractivity contribution is -0.142. The number of hydrogen-bond donors (Lipinski definition) is 1. The molecule has 142 valence electrons. The summed E-state index contributed by atoms with van der Waals surface area (Å²) >= 11 is 12.4. The van der Waals surface area contributed by atoms with Crippen LogP contribution in [-0.4, -0.2) is 28.6 Å². The van der Waals surface area contributed by atoms with E-state index in [1.54, 1.807) is 0 Å². The number of amides is 1. The van der Waals surface area contributed by atoms with E-state index < -0.39 is 0 Å². The van der Waals surface area contributed by atoms with Crippen molar-refractivity contribution >= 4 is 29.1 Å². The number of carbonyl (C=O) groups excluding carboxylic acids is 1. The van der Waals surface area contributed by atoms with E-state index >= 15 is 0 Å². The van der Waals surface area contributed by atoms with Gasteiger partial charge in [-0.1, -0.05) is 47.5 Å². The number of nitrogens with zero attached hydrogens (tertiary/aromatic N) is 1. The van der Waals surface area contributed by atoms with Crippen LogP contribution in [0.5, 0.6) is 0 Å². The predicted octanol–water partition coefficient (Wildman–Crippen LogP) is 5.21. The summed E-state index contributed by atoms with van der Waals surface area (Å²) in [6.07, 6.45) is 3.41. The molecule has 1 amide bonds. The quantitative estimate of drug-likeness (QED) is 0.743. The molecule has 2 aromatic rings. The average Bonchev–Trinajstić information content (AvgIpc) is 3.49. The Morgan fingerprint density at radius 1 is 1.00 bits per heavy atom. The monoisotopic (exact) mass is 403 g/mol. The maximum absolute atomic E-state index is 13.0. The number of halogens is 2. The first-order chi connectivity index (χ1) is 13.1. The van der Waals surface area contributed by atoms with Crippen molar-refractivity contribution in [1.82, 2.24) is 4.90 Å². The summed E-state index contributed by atoms with van der Waals surface area (Å²) < 4.78 is 0. The van der Waals surface area contributed by atoms with Crippen LogP contribution in [0, 0.1) is 5.92 Å². The first-order valence-electron chi connectivity index (χ1n) is 9.51. The number of piperidine rings is 1. The molecule has 2 aliphatic rings. The van der Waals surface area contributed by atoms with Crippen LogP contribution in [0.3, 0.4) is 0 Å². The second kappa shape index (κ2) is 7.83. The molecule has 2 aromatic carbocycles. The lowest BCUT2D eigenvalue weighted by atomic mass is 9.79. The molecule has 0 aromatic heterocycles. The largest absolute Gasteiger partial charge is 0.394 e. The third-order valence-electron chi connectivity index (χ3n) is 5.84. The summed E-state index contributed by atoms with van der Waals surface area (Å²) in [5.41, 5.74) is 2.18. The SMILES string of the molecule is O=C1CC[C@H](c2cccc(Cl)c2)C(c2ccc(Cl)cc2)N1C(CO)C1CC1. The van der Waals surface area contributed by atoms with Crippen molar-refractivity contribution in [1.29, 1.82) is 0 Å². The zero-order valence-corrected chi connectivity index (χ0v) is 16.5. The Balaban J connectivity index is 1.79. The molecule has 1 aliphatic heterocycles. The van der Waals surface area contributed by atoms with Crippen molar-refractivity contribution in [2.45, 2.75) is 43.7 Å². The van der Waals surface area contributed by atoms with Gasteiger partial charge in [-0.2, -0.15) is 0 Å². The lowest BCUT2D eigenvalue weighted by Gasteiger charge is -2.45. The van der Waals surface area contributed by atoms with E-state index in [-0.39, 0.29) is 30.5 Å². The first kappa shape index (κ1) is 18.8. The summed E-state index contributed by atoms with van der Waals surface area (Å²) in [5.74, 6) is 0.654. The Kier molecular flexibility index (Phi) is 5.45. The minimum atomic E-state index is -0.125. The highest BCUT2D eigenvalue weighted by Gasteiger charge is 2.45. The molecule has 1 saturated carbocycles. The molecule has 0 spiro atoms. The number of aliphatic hydroxyl groups is 1. The van der Waals surface area contributed by atoms with Crippen molar-refractivity contribution in [3.8, 4) is 0 Å². The number of likely N-dealkylation sites (tertiary alicyclic amines) is 1. The molecular formula is C22H23Cl2NO2. The van der Waals surface area contributed by atoms with Gasteiger partial charge < -0.3 is 10.0 Å². The molecule has 27 heavy (non-hydrogen) atoms. The molecule has 2 fully saturated rings. The van der Waals surface area contributed by atoms with Gasteiger partial charge in [-0.25, -0.2) is 0 Å². The highest BCUT2D eigenvalue weighted by molar-refractivity contribution is 6.30. The molecule has 3 nitrogen and oxygen atoms in total. The van der Waals surface area contributed by atoms with Crippen molar-refractivity contribution in [3.63, 3.8) is 0 Å². The van der Waals surface area contributed by atoms with Gasteiger partial charge >= 0.3 is 0 Å².